The van der Waals surface area contributed by atoms with Crippen LogP contribution in [0.25, 0.3) is 28.2 Å². The Morgan fingerprint density at radius 1 is 1.14 bits per heavy atom. The minimum Gasteiger partial charge on any atom is -0.377 e. The predicted molar refractivity (Wildman–Crippen MR) is 111 cm³/mol. The summed E-state index contributed by atoms with van der Waals surface area (Å²) < 4.78 is 9.65. The van der Waals surface area contributed by atoms with Crippen LogP contribution in [0.5, 0.6) is 0 Å². The van der Waals surface area contributed by atoms with E-state index >= 15 is 0 Å². The number of imidazole rings is 1. The summed E-state index contributed by atoms with van der Waals surface area (Å²) in [5.74, 6) is 0.508. The van der Waals surface area contributed by atoms with Gasteiger partial charge in [0.25, 0.3) is 0 Å². The SMILES string of the molecule is COC(C)(C)Cn1cc(-c2c(C3CC3)nc3c(-c4ccncc4)nccn23)cn1. The number of hydrogen-bond donors (Lipinski definition) is 0. The number of fused-ring (bicyclic) bond motifs is 1. The summed E-state index contributed by atoms with van der Waals surface area (Å²) in [7, 11) is 1.73. The van der Waals surface area contributed by atoms with Crippen LogP contribution in [-0.4, -0.2) is 41.8 Å². The van der Waals surface area contributed by atoms with Crippen LogP contribution in [0, 0.1) is 0 Å². The average molecular weight is 388 g/mol. The van der Waals surface area contributed by atoms with Gasteiger partial charge in [0, 0.05) is 55.1 Å². The molecular weight excluding hydrogens is 364 g/mol. The van der Waals surface area contributed by atoms with E-state index in [4.69, 9.17) is 9.72 Å². The Labute approximate surface area is 169 Å². The molecule has 0 unspecified atom stereocenters. The first-order valence-corrected chi connectivity index (χ1v) is 9.91. The topological polar surface area (TPSA) is 70.1 Å². The smallest absolute Gasteiger partial charge is 0.164 e. The van der Waals surface area contributed by atoms with Crippen molar-refractivity contribution in [2.75, 3.05) is 7.11 Å². The van der Waals surface area contributed by atoms with E-state index in [2.05, 4.69) is 39.5 Å². The largest absolute Gasteiger partial charge is 0.377 e. The summed E-state index contributed by atoms with van der Waals surface area (Å²) in [5.41, 5.74) is 5.80. The highest BCUT2D eigenvalue weighted by Gasteiger charge is 2.32. The molecule has 1 fully saturated rings. The Morgan fingerprint density at radius 3 is 2.66 bits per heavy atom. The van der Waals surface area contributed by atoms with E-state index in [1.54, 1.807) is 19.5 Å². The summed E-state index contributed by atoms with van der Waals surface area (Å²) in [6, 6.07) is 3.94. The minimum absolute atomic E-state index is 0.277. The molecule has 0 spiro atoms. The van der Waals surface area contributed by atoms with Crippen LogP contribution in [0.15, 0.2) is 49.3 Å². The van der Waals surface area contributed by atoms with Crippen molar-refractivity contribution in [2.24, 2.45) is 0 Å². The third-order valence-corrected chi connectivity index (χ3v) is 5.49. The summed E-state index contributed by atoms with van der Waals surface area (Å²) in [6.45, 7) is 4.80. The van der Waals surface area contributed by atoms with Gasteiger partial charge in [-0.1, -0.05) is 0 Å². The molecule has 4 aromatic rings. The summed E-state index contributed by atoms with van der Waals surface area (Å²) in [5, 5.41) is 4.59. The van der Waals surface area contributed by atoms with E-state index < -0.39 is 0 Å². The van der Waals surface area contributed by atoms with Gasteiger partial charge in [0.2, 0.25) is 0 Å². The Hall–Kier alpha value is -3.06. The molecular formula is C22H24N6O. The third-order valence-electron chi connectivity index (χ3n) is 5.49. The van der Waals surface area contributed by atoms with Crippen molar-refractivity contribution in [1.29, 1.82) is 0 Å². The minimum atomic E-state index is -0.277. The number of ether oxygens (including phenoxy) is 1. The van der Waals surface area contributed by atoms with Crippen molar-refractivity contribution in [3.63, 3.8) is 0 Å². The maximum Gasteiger partial charge on any atom is 0.164 e. The number of methoxy groups -OCH3 is 1. The van der Waals surface area contributed by atoms with Gasteiger partial charge in [0.15, 0.2) is 5.65 Å². The zero-order valence-corrected chi connectivity index (χ0v) is 16.9. The number of nitrogens with zero attached hydrogens (tertiary/aromatic N) is 6. The molecule has 4 aromatic heterocycles. The number of aromatic nitrogens is 6. The van der Waals surface area contributed by atoms with Gasteiger partial charge in [-0.3, -0.25) is 19.1 Å². The van der Waals surface area contributed by atoms with Crippen molar-refractivity contribution >= 4 is 5.65 Å². The second-order valence-corrected chi connectivity index (χ2v) is 8.22. The Kier molecular flexibility index (Phi) is 4.20. The summed E-state index contributed by atoms with van der Waals surface area (Å²) >= 11 is 0. The Bertz CT molecular complexity index is 1160. The molecule has 29 heavy (non-hydrogen) atoms. The monoisotopic (exact) mass is 388 g/mol. The van der Waals surface area contributed by atoms with Gasteiger partial charge < -0.3 is 4.74 Å². The van der Waals surface area contributed by atoms with Crippen LogP contribution < -0.4 is 0 Å². The van der Waals surface area contributed by atoms with Crippen LogP contribution in [0.1, 0.15) is 38.3 Å². The first kappa shape index (κ1) is 18.0. The standard InChI is InChI=1S/C22H24N6O/c1-22(2,29-3)14-27-13-17(12-25-27)20-18(15-4-5-15)26-21-19(24-10-11-28(20)21)16-6-8-23-9-7-16/h6-13,15H,4-5,14H2,1-3H3. The fourth-order valence-electron chi connectivity index (χ4n) is 3.66. The van der Waals surface area contributed by atoms with Gasteiger partial charge in [-0.05, 0) is 38.8 Å². The summed E-state index contributed by atoms with van der Waals surface area (Å²) in [4.78, 5) is 13.8. The molecule has 0 aromatic carbocycles. The van der Waals surface area contributed by atoms with Gasteiger partial charge in [-0.2, -0.15) is 5.10 Å². The van der Waals surface area contributed by atoms with Crippen LogP contribution in [0.4, 0.5) is 0 Å². The highest BCUT2D eigenvalue weighted by atomic mass is 16.5. The molecule has 1 aliphatic carbocycles. The first-order valence-electron chi connectivity index (χ1n) is 9.91. The van der Waals surface area contributed by atoms with Crippen molar-refractivity contribution in [3.05, 3.63) is 55.0 Å². The molecule has 1 saturated carbocycles. The molecule has 4 heterocycles. The van der Waals surface area contributed by atoms with Crippen molar-refractivity contribution in [1.82, 2.24) is 29.1 Å². The molecule has 7 nitrogen and oxygen atoms in total. The lowest BCUT2D eigenvalue weighted by atomic mass is 10.1. The van der Waals surface area contributed by atoms with Crippen LogP contribution in [0.3, 0.4) is 0 Å². The maximum atomic E-state index is 5.56. The zero-order chi connectivity index (χ0) is 20.0. The number of hydrogen-bond acceptors (Lipinski definition) is 5. The van der Waals surface area contributed by atoms with Crippen molar-refractivity contribution in [3.8, 4) is 22.5 Å². The highest BCUT2D eigenvalue weighted by Crippen LogP contribution is 2.44. The van der Waals surface area contributed by atoms with Crippen LogP contribution in [0.2, 0.25) is 0 Å². The van der Waals surface area contributed by atoms with E-state index in [9.17, 15) is 0 Å². The molecule has 0 amide bonds. The van der Waals surface area contributed by atoms with Gasteiger partial charge >= 0.3 is 0 Å². The lowest BCUT2D eigenvalue weighted by Crippen LogP contribution is -2.29. The quantitative estimate of drug-likeness (QED) is 0.500. The lowest BCUT2D eigenvalue weighted by Gasteiger charge is -2.22. The molecule has 0 saturated heterocycles. The second kappa shape index (κ2) is 6.77. The van der Waals surface area contributed by atoms with E-state index in [-0.39, 0.29) is 5.60 Å². The molecule has 0 atom stereocenters. The lowest BCUT2D eigenvalue weighted by molar-refractivity contribution is 0.00543. The van der Waals surface area contributed by atoms with E-state index in [0.717, 1.165) is 33.9 Å². The highest BCUT2D eigenvalue weighted by molar-refractivity contribution is 5.78. The van der Waals surface area contributed by atoms with E-state index in [0.29, 0.717) is 12.5 Å². The number of pyridine rings is 1. The van der Waals surface area contributed by atoms with Crippen LogP contribution >= 0.6 is 0 Å². The predicted octanol–water partition coefficient (Wildman–Crippen LogP) is 3.96. The molecule has 5 rings (SSSR count). The second-order valence-electron chi connectivity index (χ2n) is 8.22. The first-order chi connectivity index (χ1) is 14.1. The van der Waals surface area contributed by atoms with E-state index in [1.807, 2.05) is 35.4 Å². The molecule has 0 radical (unpaired) electrons. The molecule has 0 bridgehead atoms. The van der Waals surface area contributed by atoms with Gasteiger partial charge in [0.1, 0.15) is 5.69 Å². The Balaban J connectivity index is 1.64. The molecule has 1 aliphatic rings. The van der Waals surface area contributed by atoms with Gasteiger partial charge in [-0.15, -0.1) is 0 Å². The zero-order valence-electron chi connectivity index (χ0n) is 16.9. The van der Waals surface area contributed by atoms with Crippen LogP contribution in [-0.2, 0) is 11.3 Å². The fraction of sp³-hybridized carbons (Fsp3) is 0.364. The Morgan fingerprint density at radius 2 is 1.93 bits per heavy atom. The summed E-state index contributed by atoms with van der Waals surface area (Å²) in [6.07, 6.45) is 13.8. The van der Waals surface area contributed by atoms with Gasteiger partial charge in [-0.25, -0.2) is 4.98 Å². The fourth-order valence-corrected chi connectivity index (χ4v) is 3.66. The van der Waals surface area contributed by atoms with Gasteiger partial charge in [0.05, 0.1) is 29.7 Å². The molecule has 7 heteroatoms. The van der Waals surface area contributed by atoms with Crippen molar-refractivity contribution < 1.29 is 4.74 Å². The molecule has 148 valence electrons. The third kappa shape index (κ3) is 3.31. The van der Waals surface area contributed by atoms with E-state index in [1.165, 1.54) is 12.8 Å². The number of rotatable bonds is 6. The average Bonchev–Trinajstić information content (AvgIpc) is 3.36. The van der Waals surface area contributed by atoms with Crippen molar-refractivity contribution in [2.45, 2.75) is 44.8 Å². The normalized spacial score (nSPS) is 14.6. The molecule has 0 N–H and O–H groups in total. The molecule has 0 aliphatic heterocycles. The maximum absolute atomic E-state index is 5.56.